The van der Waals surface area contributed by atoms with Crippen molar-refractivity contribution >= 4 is 11.6 Å². The number of rotatable bonds is 4. The van der Waals surface area contributed by atoms with E-state index in [9.17, 15) is 9.90 Å². The van der Waals surface area contributed by atoms with Crippen LogP contribution in [0.2, 0.25) is 0 Å². The zero-order chi connectivity index (χ0) is 14.5. The van der Waals surface area contributed by atoms with Crippen LogP contribution >= 0.6 is 0 Å². The molecule has 1 aromatic carbocycles. The minimum Gasteiger partial charge on any atom is -0.496 e. The van der Waals surface area contributed by atoms with Crippen LogP contribution in [0, 0.1) is 5.92 Å². The average molecular weight is 278 g/mol. The lowest BCUT2D eigenvalue weighted by Gasteiger charge is -2.31. The molecule has 4 N–H and O–H groups in total. The number of carbonyl (C=O) groups is 1. The van der Waals surface area contributed by atoms with Gasteiger partial charge in [-0.05, 0) is 25.0 Å². The van der Waals surface area contributed by atoms with Crippen LogP contribution in [0.15, 0.2) is 18.2 Å². The van der Waals surface area contributed by atoms with Crippen LogP contribution in [-0.2, 0) is 0 Å². The number of hydrogen-bond acceptors (Lipinski definition) is 4. The maximum atomic E-state index is 12.4. The van der Waals surface area contributed by atoms with Crippen LogP contribution in [0.5, 0.6) is 5.75 Å². The number of nitrogen functional groups attached to an aromatic ring is 1. The summed E-state index contributed by atoms with van der Waals surface area (Å²) in [6.45, 7) is 0.104. The molecule has 1 saturated carbocycles. The first kappa shape index (κ1) is 14.7. The second kappa shape index (κ2) is 6.61. The second-order valence-corrected chi connectivity index (χ2v) is 5.23. The highest BCUT2D eigenvalue weighted by atomic mass is 16.5. The summed E-state index contributed by atoms with van der Waals surface area (Å²) < 4.78 is 5.20. The number of methoxy groups -OCH3 is 1. The van der Waals surface area contributed by atoms with E-state index in [4.69, 9.17) is 10.5 Å². The summed E-state index contributed by atoms with van der Waals surface area (Å²) >= 11 is 0. The van der Waals surface area contributed by atoms with E-state index in [1.165, 1.54) is 7.11 Å². The van der Waals surface area contributed by atoms with E-state index in [0.717, 1.165) is 25.7 Å². The first-order valence-electron chi connectivity index (χ1n) is 7.01. The highest BCUT2D eigenvalue weighted by molar-refractivity contribution is 6.02. The van der Waals surface area contributed by atoms with Gasteiger partial charge >= 0.3 is 0 Å². The zero-order valence-corrected chi connectivity index (χ0v) is 11.8. The van der Waals surface area contributed by atoms with Gasteiger partial charge in [-0.15, -0.1) is 0 Å². The monoisotopic (exact) mass is 278 g/mol. The smallest absolute Gasteiger partial charge is 0.257 e. The SMILES string of the molecule is COc1cccc(N)c1C(=O)NC1CCCCC1CO. The molecule has 0 radical (unpaired) electrons. The lowest BCUT2D eigenvalue weighted by atomic mass is 9.85. The Balaban J connectivity index is 2.15. The van der Waals surface area contributed by atoms with Gasteiger partial charge in [-0.2, -0.15) is 0 Å². The Hall–Kier alpha value is -1.75. The number of aliphatic hydroxyl groups is 1. The Labute approximate surface area is 119 Å². The molecule has 2 unspecified atom stereocenters. The molecular weight excluding hydrogens is 256 g/mol. The predicted molar refractivity (Wildman–Crippen MR) is 77.7 cm³/mol. The Kier molecular flexibility index (Phi) is 4.84. The molecular formula is C15H22N2O3. The third-order valence-electron chi connectivity index (χ3n) is 3.97. The average Bonchev–Trinajstić information content (AvgIpc) is 2.47. The highest BCUT2D eigenvalue weighted by Gasteiger charge is 2.27. The summed E-state index contributed by atoms with van der Waals surface area (Å²) in [5, 5.41) is 12.4. The van der Waals surface area contributed by atoms with E-state index in [0.29, 0.717) is 17.0 Å². The van der Waals surface area contributed by atoms with Gasteiger partial charge in [0, 0.05) is 24.3 Å². The lowest BCUT2D eigenvalue weighted by Crippen LogP contribution is -2.43. The Morgan fingerprint density at radius 3 is 2.90 bits per heavy atom. The Morgan fingerprint density at radius 1 is 1.45 bits per heavy atom. The van der Waals surface area contributed by atoms with Gasteiger partial charge in [-0.1, -0.05) is 18.9 Å². The normalized spacial score (nSPS) is 22.3. The first-order chi connectivity index (χ1) is 9.67. The van der Waals surface area contributed by atoms with Crippen molar-refractivity contribution in [2.24, 2.45) is 5.92 Å². The van der Waals surface area contributed by atoms with Crippen LogP contribution in [0.25, 0.3) is 0 Å². The third kappa shape index (κ3) is 3.04. The molecule has 1 amide bonds. The summed E-state index contributed by atoms with van der Waals surface area (Å²) in [4.78, 5) is 12.4. The molecule has 20 heavy (non-hydrogen) atoms. The number of amides is 1. The Morgan fingerprint density at radius 2 is 2.20 bits per heavy atom. The fourth-order valence-electron chi connectivity index (χ4n) is 2.82. The Bertz CT molecular complexity index is 476. The summed E-state index contributed by atoms with van der Waals surface area (Å²) in [7, 11) is 1.52. The molecule has 0 aliphatic heterocycles. The molecule has 0 saturated heterocycles. The van der Waals surface area contributed by atoms with Gasteiger partial charge in [0.15, 0.2) is 0 Å². The van der Waals surface area contributed by atoms with Crippen molar-refractivity contribution in [3.05, 3.63) is 23.8 Å². The van der Waals surface area contributed by atoms with Crippen molar-refractivity contribution in [2.75, 3.05) is 19.5 Å². The number of carbonyl (C=O) groups excluding carboxylic acids is 1. The molecule has 1 fully saturated rings. The third-order valence-corrected chi connectivity index (χ3v) is 3.97. The number of nitrogens with two attached hydrogens (primary N) is 1. The van der Waals surface area contributed by atoms with E-state index >= 15 is 0 Å². The molecule has 110 valence electrons. The van der Waals surface area contributed by atoms with Crippen molar-refractivity contribution in [1.29, 1.82) is 0 Å². The van der Waals surface area contributed by atoms with Gasteiger partial charge in [0.1, 0.15) is 11.3 Å². The van der Waals surface area contributed by atoms with Crippen molar-refractivity contribution in [3.8, 4) is 5.75 Å². The quantitative estimate of drug-likeness (QED) is 0.730. The summed E-state index contributed by atoms with van der Waals surface area (Å²) in [5.74, 6) is 0.368. The van der Waals surface area contributed by atoms with E-state index in [-0.39, 0.29) is 24.5 Å². The molecule has 0 aromatic heterocycles. The number of anilines is 1. The molecule has 5 nitrogen and oxygen atoms in total. The van der Waals surface area contributed by atoms with Gasteiger partial charge in [0.25, 0.3) is 5.91 Å². The molecule has 2 rings (SSSR count). The standard InChI is InChI=1S/C15H22N2O3/c1-20-13-8-4-6-11(16)14(13)15(19)17-12-7-3-2-5-10(12)9-18/h4,6,8,10,12,18H,2-3,5,7,9,16H2,1H3,(H,17,19). The summed E-state index contributed by atoms with van der Waals surface area (Å²) in [5.41, 5.74) is 6.65. The molecule has 0 bridgehead atoms. The van der Waals surface area contributed by atoms with E-state index in [1.807, 2.05) is 0 Å². The number of aliphatic hydroxyl groups excluding tert-OH is 1. The molecule has 0 spiro atoms. The maximum absolute atomic E-state index is 12.4. The first-order valence-corrected chi connectivity index (χ1v) is 7.01. The van der Waals surface area contributed by atoms with Crippen molar-refractivity contribution < 1.29 is 14.6 Å². The van der Waals surface area contributed by atoms with Crippen LogP contribution in [0.4, 0.5) is 5.69 Å². The molecule has 2 atom stereocenters. The fourth-order valence-corrected chi connectivity index (χ4v) is 2.82. The van der Waals surface area contributed by atoms with E-state index in [2.05, 4.69) is 5.32 Å². The topological polar surface area (TPSA) is 84.6 Å². The highest BCUT2D eigenvalue weighted by Crippen LogP contribution is 2.27. The number of ether oxygens (including phenoxy) is 1. The maximum Gasteiger partial charge on any atom is 0.257 e. The van der Waals surface area contributed by atoms with Crippen LogP contribution in [0.1, 0.15) is 36.0 Å². The van der Waals surface area contributed by atoms with Gasteiger partial charge in [-0.25, -0.2) is 0 Å². The minimum absolute atomic E-state index is 0.00515. The van der Waals surface area contributed by atoms with Crippen LogP contribution < -0.4 is 15.8 Å². The van der Waals surface area contributed by atoms with Crippen molar-refractivity contribution in [2.45, 2.75) is 31.7 Å². The molecule has 1 aliphatic carbocycles. The number of hydrogen-bond donors (Lipinski definition) is 3. The number of benzene rings is 1. The van der Waals surface area contributed by atoms with Crippen LogP contribution in [0.3, 0.4) is 0 Å². The van der Waals surface area contributed by atoms with Gasteiger partial charge in [0.05, 0.1) is 7.11 Å². The summed E-state index contributed by atoms with van der Waals surface area (Å²) in [6, 6.07) is 5.16. The fraction of sp³-hybridized carbons (Fsp3) is 0.533. The molecule has 1 aliphatic rings. The minimum atomic E-state index is -0.231. The van der Waals surface area contributed by atoms with E-state index < -0.39 is 0 Å². The largest absolute Gasteiger partial charge is 0.496 e. The number of nitrogens with one attached hydrogen (secondary N) is 1. The van der Waals surface area contributed by atoms with Gasteiger partial charge in [-0.3, -0.25) is 4.79 Å². The molecule has 0 heterocycles. The summed E-state index contributed by atoms with van der Waals surface area (Å²) in [6.07, 6.45) is 4.02. The van der Waals surface area contributed by atoms with Gasteiger partial charge in [0.2, 0.25) is 0 Å². The zero-order valence-electron chi connectivity index (χ0n) is 11.8. The molecule has 1 aromatic rings. The second-order valence-electron chi connectivity index (χ2n) is 5.23. The van der Waals surface area contributed by atoms with Crippen molar-refractivity contribution in [3.63, 3.8) is 0 Å². The predicted octanol–water partition coefficient (Wildman–Crippen LogP) is 1.56. The lowest BCUT2D eigenvalue weighted by molar-refractivity contribution is 0.0870. The van der Waals surface area contributed by atoms with Gasteiger partial charge < -0.3 is 20.9 Å². The van der Waals surface area contributed by atoms with Crippen molar-refractivity contribution in [1.82, 2.24) is 5.32 Å². The van der Waals surface area contributed by atoms with Crippen LogP contribution in [-0.4, -0.2) is 30.8 Å². The van der Waals surface area contributed by atoms with E-state index in [1.54, 1.807) is 18.2 Å². The molecule has 5 heteroatoms.